The number of piperidine rings is 1. The summed E-state index contributed by atoms with van der Waals surface area (Å²) in [5, 5.41) is 0. The largest absolute Gasteiger partial charge is 0.341 e. The number of nitrogens with zero attached hydrogens (tertiary/aromatic N) is 2. The van der Waals surface area contributed by atoms with Gasteiger partial charge in [0.15, 0.2) is 0 Å². The average molecular weight is 351 g/mol. The molecule has 1 saturated heterocycles. The molecule has 3 nitrogen and oxygen atoms in total. The van der Waals surface area contributed by atoms with Crippen LogP contribution in [-0.4, -0.2) is 42.4 Å². The predicted octanol–water partition coefficient (Wildman–Crippen LogP) is 3.99. The first-order valence-electron chi connectivity index (χ1n) is 9.75. The first kappa shape index (κ1) is 18.7. The number of hydrogen-bond donors (Lipinski definition) is 0. The van der Waals surface area contributed by atoms with E-state index >= 15 is 0 Å². The monoisotopic (exact) mass is 350 g/mol. The fourth-order valence-corrected chi connectivity index (χ4v) is 3.75. The summed E-state index contributed by atoms with van der Waals surface area (Å²) in [7, 11) is 1.90. The van der Waals surface area contributed by atoms with Crippen molar-refractivity contribution in [3.63, 3.8) is 0 Å². The molecule has 1 fully saturated rings. The van der Waals surface area contributed by atoms with Crippen molar-refractivity contribution in [2.45, 2.75) is 32.2 Å². The maximum atomic E-state index is 12.4. The number of carbonyl (C=O) groups excluding carboxylic acids is 1. The van der Waals surface area contributed by atoms with Gasteiger partial charge in [-0.15, -0.1) is 0 Å². The molecule has 0 N–H and O–H groups in total. The molecule has 138 valence electrons. The van der Waals surface area contributed by atoms with Crippen molar-refractivity contribution in [3.8, 4) is 0 Å². The number of benzene rings is 2. The number of carbonyl (C=O) groups is 1. The third kappa shape index (κ3) is 5.70. The van der Waals surface area contributed by atoms with E-state index in [1.165, 1.54) is 30.4 Å². The van der Waals surface area contributed by atoms with Crippen molar-refractivity contribution < 1.29 is 4.79 Å². The topological polar surface area (TPSA) is 23.6 Å². The van der Waals surface area contributed by atoms with Crippen LogP contribution in [0.15, 0.2) is 60.7 Å². The Kier molecular flexibility index (Phi) is 6.84. The zero-order valence-corrected chi connectivity index (χ0v) is 15.8. The normalized spacial score (nSPS) is 15.7. The van der Waals surface area contributed by atoms with E-state index in [1.807, 2.05) is 30.1 Å². The SMILES string of the molecule is CN(Cc1ccccc1)C(=O)CCN1CCC(Cc2ccccc2)CC1. The summed E-state index contributed by atoms with van der Waals surface area (Å²) in [6.07, 6.45) is 4.28. The maximum absolute atomic E-state index is 12.4. The summed E-state index contributed by atoms with van der Waals surface area (Å²) >= 11 is 0. The van der Waals surface area contributed by atoms with Crippen molar-refractivity contribution in [1.82, 2.24) is 9.80 Å². The molecule has 0 aliphatic carbocycles. The van der Waals surface area contributed by atoms with E-state index in [4.69, 9.17) is 0 Å². The maximum Gasteiger partial charge on any atom is 0.223 e. The van der Waals surface area contributed by atoms with Crippen molar-refractivity contribution >= 4 is 5.91 Å². The number of rotatable bonds is 7. The molecule has 1 heterocycles. The highest BCUT2D eigenvalue weighted by molar-refractivity contribution is 5.76. The second kappa shape index (κ2) is 9.54. The Morgan fingerprint density at radius 1 is 0.962 bits per heavy atom. The Morgan fingerprint density at radius 2 is 1.54 bits per heavy atom. The molecule has 0 saturated carbocycles. The molecule has 2 aromatic carbocycles. The second-order valence-electron chi connectivity index (χ2n) is 7.46. The zero-order chi connectivity index (χ0) is 18.2. The van der Waals surface area contributed by atoms with Crippen molar-refractivity contribution in [2.75, 3.05) is 26.7 Å². The zero-order valence-electron chi connectivity index (χ0n) is 15.8. The standard InChI is InChI=1S/C23H30N2O/c1-24(19-22-10-6-3-7-11-22)23(26)14-17-25-15-12-21(13-16-25)18-20-8-4-2-5-9-20/h2-11,21H,12-19H2,1H3. The molecule has 3 rings (SSSR count). The van der Waals surface area contributed by atoms with Gasteiger partial charge in [-0.1, -0.05) is 60.7 Å². The van der Waals surface area contributed by atoms with E-state index in [0.29, 0.717) is 13.0 Å². The van der Waals surface area contributed by atoms with Gasteiger partial charge in [-0.3, -0.25) is 4.79 Å². The van der Waals surface area contributed by atoms with Gasteiger partial charge < -0.3 is 9.80 Å². The third-order valence-electron chi connectivity index (χ3n) is 5.40. The average Bonchev–Trinajstić information content (AvgIpc) is 2.69. The quantitative estimate of drug-likeness (QED) is 0.754. The van der Waals surface area contributed by atoms with Crippen LogP contribution in [0.5, 0.6) is 0 Å². The highest BCUT2D eigenvalue weighted by atomic mass is 16.2. The van der Waals surface area contributed by atoms with E-state index in [1.54, 1.807) is 0 Å². The van der Waals surface area contributed by atoms with E-state index < -0.39 is 0 Å². The van der Waals surface area contributed by atoms with Gasteiger partial charge >= 0.3 is 0 Å². The molecule has 1 aliphatic rings. The fraction of sp³-hybridized carbons (Fsp3) is 0.435. The van der Waals surface area contributed by atoms with Crippen LogP contribution in [0.2, 0.25) is 0 Å². The Balaban J connectivity index is 1.36. The molecule has 0 bridgehead atoms. The molecule has 0 atom stereocenters. The lowest BCUT2D eigenvalue weighted by atomic mass is 9.90. The smallest absolute Gasteiger partial charge is 0.223 e. The molecule has 0 unspecified atom stereocenters. The Bertz CT molecular complexity index is 663. The Hall–Kier alpha value is -2.13. The van der Waals surface area contributed by atoms with Gasteiger partial charge in [-0.25, -0.2) is 0 Å². The van der Waals surface area contributed by atoms with Gasteiger partial charge in [0.1, 0.15) is 0 Å². The second-order valence-corrected chi connectivity index (χ2v) is 7.46. The summed E-state index contributed by atoms with van der Waals surface area (Å²) in [6.45, 7) is 3.81. The molecule has 1 aliphatic heterocycles. The van der Waals surface area contributed by atoms with Crippen LogP contribution in [-0.2, 0) is 17.8 Å². The van der Waals surface area contributed by atoms with Crippen molar-refractivity contribution in [3.05, 3.63) is 71.8 Å². The minimum atomic E-state index is 0.236. The summed E-state index contributed by atoms with van der Waals surface area (Å²) in [6, 6.07) is 21.0. The summed E-state index contributed by atoms with van der Waals surface area (Å²) in [5.74, 6) is 1.02. The molecule has 1 amide bonds. The molecule has 0 aromatic heterocycles. The number of hydrogen-bond acceptors (Lipinski definition) is 2. The van der Waals surface area contributed by atoms with Gasteiger partial charge in [0, 0.05) is 26.6 Å². The predicted molar refractivity (Wildman–Crippen MR) is 107 cm³/mol. The van der Waals surface area contributed by atoms with E-state index in [2.05, 4.69) is 47.4 Å². The van der Waals surface area contributed by atoms with Crippen LogP contribution in [0.3, 0.4) is 0 Å². The lowest BCUT2D eigenvalue weighted by Crippen LogP contribution is -2.37. The Morgan fingerprint density at radius 3 is 2.15 bits per heavy atom. The van der Waals surface area contributed by atoms with Crippen LogP contribution >= 0.6 is 0 Å². The van der Waals surface area contributed by atoms with E-state index in [0.717, 1.165) is 25.6 Å². The van der Waals surface area contributed by atoms with E-state index in [9.17, 15) is 4.79 Å². The van der Waals surface area contributed by atoms with Crippen LogP contribution in [0.25, 0.3) is 0 Å². The lowest BCUT2D eigenvalue weighted by molar-refractivity contribution is -0.130. The number of likely N-dealkylation sites (tertiary alicyclic amines) is 1. The van der Waals surface area contributed by atoms with Gasteiger partial charge in [-0.2, -0.15) is 0 Å². The highest BCUT2D eigenvalue weighted by Crippen LogP contribution is 2.21. The highest BCUT2D eigenvalue weighted by Gasteiger charge is 2.20. The van der Waals surface area contributed by atoms with Crippen LogP contribution in [0.4, 0.5) is 0 Å². The summed E-state index contributed by atoms with van der Waals surface area (Å²) < 4.78 is 0. The minimum absolute atomic E-state index is 0.236. The fourth-order valence-electron chi connectivity index (χ4n) is 3.75. The third-order valence-corrected chi connectivity index (χ3v) is 5.40. The van der Waals surface area contributed by atoms with Crippen LogP contribution in [0, 0.1) is 5.92 Å². The van der Waals surface area contributed by atoms with Crippen molar-refractivity contribution in [2.24, 2.45) is 5.92 Å². The van der Waals surface area contributed by atoms with Gasteiger partial charge in [0.05, 0.1) is 0 Å². The van der Waals surface area contributed by atoms with Crippen LogP contribution in [0.1, 0.15) is 30.4 Å². The Labute approximate surface area is 157 Å². The lowest BCUT2D eigenvalue weighted by Gasteiger charge is -2.32. The summed E-state index contributed by atoms with van der Waals surface area (Å²) in [5.41, 5.74) is 2.63. The van der Waals surface area contributed by atoms with Gasteiger partial charge in [-0.05, 0) is 49.4 Å². The molecular formula is C23H30N2O. The van der Waals surface area contributed by atoms with Crippen molar-refractivity contribution in [1.29, 1.82) is 0 Å². The van der Waals surface area contributed by atoms with Crippen LogP contribution < -0.4 is 0 Å². The minimum Gasteiger partial charge on any atom is -0.341 e. The van der Waals surface area contributed by atoms with Gasteiger partial charge in [0.25, 0.3) is 0 Å². The molecule has 26 heavy (non-hydrogen) atoms. The molecule has 0 radical (unpaired) electrons. The molecular weight excluding hydrogens is 320 g/mol. The first-order chi connectivity index (χ1) is 12.7. The number of amides is 1. The molecule has 3 heteroatoms. The van der Waals surface area contributed by atoms with Gasteiger partial charge in [0.2, 0.25) is 5.91 Å². The molecule has 2 aromatic rings. The molecule has 0 spiro atoms. The van der Waals surface area contributed by atoms with E-state index in [-0.39, 0.29) is 5.91 Å². The summed E-state index contributed by atoms with van der Waals surface area (Å²) in [4.78, 5) is 16.7. The first-order valence-corrected chi connectivity index (χ1v) is 9.75.